The number of piperazine rings is 1. The quantitative estimate of drug-likeness (QED) is 0.489. The van der Waals surface area contributed by atoms with Crippen molar-refractivity contribution in [2.24, 2.45) is 0 Å². The first kappa shape index (κ1) is 21.8. The SMILES string of the molecule is Cc1ccc(OCCCCn2c(C(C)N3CCN(C)CC3)nc3ccccc32)c(C)c1. The van der Waals surface area contributed by atoms with Crippen LogP contribution >= 0.6 is 0 Å². The fourth-order valence-corrected chi connectivity index (χ4v) is 4.54. The second-order valence-corrected chi connectivity index (χ2v) is 8.95. The third kappa shape index (κ3) is 5.10. The largest absolute Gasteiger partial charge is 0.493 e. The molecule has 31 heavy (non-hydrogen) atoms. The zero-order chi connectivity index (χ0) is 21.8. The van der Waals surface area contributed by atoms with Crippen LogP contribution in [0.25, 0.3) is 11.0 Å². The van der Waals surface area contributed by atoms with E-state index in [1.54, 1.807) is 0 Å². The van der Waals surface area contributed by atoms with E-state index in [4.69, 9.17) is 9.72 Å². The number of nitrogens with zero attached hydrogens (tertiary/aromatic N) is 4. The van der Waals surface area contributed by atoms with Gasteiger partial charge in [-0.2, -0.15) is 0 Å². The molecule has 1 aromatic heterocycles. The number of benzene rings is 2. The molecule has 0 amide bonds. The maximum absolute atomic E-state index is 6.04. The summed E-state index contributed by atoms with van der Waals surface area (Å²) in [5.41, 5.74) is 4.83. The lowest BCUT2D eigenvalue weighted by molar-refractivity contribution is 0.113. The highest BCUT2D eigenvalue weighted by atomic mass is 16.5. The molecule has 5 nitrogen and oxygen atoms in total. The topological polar surface area (TPSA) is 33.5 Å². The summed E-state index contributed by atoms with van der Waals surface area (Å²) in [4.78, 5) is 10.0. The molecule has 1 saturated heterocycles. The van der Waals surface area contributed by atoms with E-state index in [-0.39, 0.29) is 0 Å². The first-order chi connectivity index (χ1) is 15.0. The standard InChI is InChI=1S/C26H36N4O/c1-20-11-12-25(21(2)19-20)31-18-8-7-13-30-24-10-6-5-9-23(24)27-26(30)22(3)29-16-14-28(4)15-17-29/h5-6,9-12,19,22H,7-8,13-18H2,1-4H3. The van der Waals surface area contributed by atoms with Crippen molar-refractivity contribution in [3.63, 3.8) is 0 Å². The number of hydrogen-bond donors (Lipinski definition) is 0. The fourth-order valence-electron chi connectivity index (χ4n) is 4.54. The van der Waals surface area contributed by atoms with Crippen LogP contribution in [0.1, 0.15) is 42.8 Å². The Bertz CT molecular complexity index is 1000. The number of para-hydroxylation sites is 2. The van der Waals surface area contributed by atoms with E-state index in [2.05, 4.69) is 84.7 Å². The van der Waals surface area contributed by atoms with E-state index >= 15 is 0 Å². The Kier molecular flexibility index (Phi) is 6.93. The molecule has 166 valence electrons. The zero-order valence-corrected chi connectivity index (χ0v) is 19.5. The van der Waals surface area contributed by atoms with Gasteiger partial charge in [0.05, 0.1) is 23.7 Å². The smallest absolute Gasteiger partial charge is 0.127 e. The van der Waals surface area contributed by atoms with Crippen molar-refractivity contribution < 1.29 is 4.74 Å². The van der Waals surface area contributed by atoms with Crippen molar-refractivity contribution in [1.82, 2.24) is 19.4 Å². The highest BCUT2D eigenvalue weighted by Crippen LogP contribution is 2.26. The average molecular weight is 421 g/mol. The number of unbranched alkanes of at least 4 members (excludes halogenated alkanes) is 1. The van der Waals surface area contributed by atoms with Crippen LogP contribution in [0.3, 0.4) is 0 Å². The normalized spacial score (nSPS) is 16.6. The number of fused-ring (bicyclic) bond motifs is 1. The van der Waals surface area contributed by atoms with E-state index in [0.29, 0.717) is 6.04 Å². The number of rotatable bonds is 8. The molecule has 4 rings (SSSR count). The molecule has 0 spiro atoms. The third-order valence-corrected chi connectivity index (χ3v) is 6.51. The summed E-state index contributed by atoms with van der Waals surface area (Å²) < 4.78 is 8.48. The molecular weight excluding hydrogens is 384 g/mol. The van der Waals surface area contributed by atoms with Crippen molar-refractivity contribution in [1.29, 1.82) is 0 Å². The number of aromatic nitrogens is 2. The van der Waals surface area contributed by atoms with E-state index in [0.717, 1.165) is 63.4 Å². The molecule has 5 heteroatoms. The van der Waals surface area contributed by atoms with Gasteiger partial charge < -0.3 is 14.2 Å². The summed E-state index contributed by atoms with van der Waals surface area (Å²) in [6.07, 6.45) is 2.11. The molecule has 0 aliphatic carbocycles. The first-order valence-electron chi connectivity index (χ1n) is 11.6. The molecule has 0 saturated carbocycles. The second kappa shape index (κ2) is 9.84. The number of hydrogen-bond acceptors (Lipinski definition) is 4. The van der Waals surface area contributed by atoms with Crippen LogP contribution < -0.4 is 4.74 Å². The Balaban J connectivity index is 1.41. The molecule has 1 fully saturated rings. The number of ether oxygens (including phenoxy) is 1. The van der Waals surface area contributed by atoms with Crippen LogP contribution in [0.15, 0.2) is 42.5 Å². The average Bonchev–Trinajstić information content (AvgIpc) is 3.13. The van der Waals surface area contributed by atoms with Crippen molar-refractivity contribution in [3.8, 4) is 5.75 Å². The molecule has 1 aliphatic rings. The molecule has 0 radical (unpaired) electrons. The van der Waals surface area contributed by atoms with Crippen LogP contribution in [0, 0.1) is 13.8 Å². The molecule has 1 atom stereocenters. The van der Waals surface area contributed by atoms with Gasteiger partial charge in [-0.3, -0.25) is 4.90 Å². The predicted molar refractivity (Wildman–Crippen MR) is 128 cm³/mol. The van der Waals surface area contributed by atoms with E-state index in [1.807, 2.05) is 0 Å². The Labute approximate surface area is 186 Å². The van der Waals surface area contributed by atoms with Gasteiger partial charge >= 0.3 is 0 Å². The minimum Gasteiger partial charge on any atom is -0.493 e. The van der Waals surface area contributed by atoms with E-state index < -0.39 is 0 Å². The van der Waals surface area contributed by atoms with Crippen LogP contribution in [0.2, 0.25) is 0 Å². The number of likely N-dealkylation sites (N-methyl/N-ethyl adjacent to an activating group) is 1. The lowest BCUT2D eigenvalue weighted by Crippen LogP contribution is -2.45. The van der Waals surface area contributed by atoms with E-state index in [1.165, 1.54) is 22.5 Å². The maximum atomic E-state index is 6.04. The summed E-state index contributed by atoms with van der Waals surface area (Å²) in [5.74, 6) is 2.20. The van der Waals surface area contributed by atoms with Gasteiger partial charge in [0, 0.05) is 32.7 Å². The van der Waals surface area contributed by atoms with Gasteiger partial charge in [0.2, 0.25) is 0 Å². The predicted octanol–water partition coefficient (Wildman–Crippen LogP) is 4.82. The van der Waals surface area contributed by atoms with Gasteiger partial charge in [0.15, 0.2) is 0 Å². The summed E-state index contributed by atoms with van der Waals surface area (Å²) in [6.45, 7) is 12.7. The van der Waals surface area contributed by atoms with Crippen molar-refractivity contribution in [3.05, 3.63) is 59.4 Å². The van der Waals surface area contributed by atoms with Gasteiger partial charge in [-0.05, 0) is 64.4 Å². The fraction of sp³-hybridized carbons (Fsp3) is 0.500. The van der Waals surface area contributed by atoms with E-state index in [9.17, 15) is 0 Å². The molecule has 0 bridgehead atoms. The lowest BCUT2D eigenvalue weighted by Gasteiger charge is -2.36. The summed E-state index contributed by atoms with van der Waals surface area (Å²) >= 11 is 0. The van der Waals surface area contributed by atoms with Crippen LogP contribution in [0.4, 0.5) is 0 Å². The Morgan fingerprint density at radius 1 is 1.00 bits per heavy atom. The zero-order valence-electron chi connectivity index (χ0n) is 19.5. The lowest BCUT2D eigenvalue weighted by atomic mass is 10.1. The third-order valence-electron chi connectivity index (χ3n) is 6.51. The number of imidazole rings is 1. The molecule has 3 aromatic rings. The maximum Gasteiger partial charge on any atom is 0.127 e. The Hall–Kier alpha value is -2.37. The monoisotopic (exact) mass is 420 g/mol. The van der Waals surface area contributed by atoms with Gasteiger partial charge in [-0.15, -0.1) is 0 Å². The minimum atomic E-state index is 0.326. The molecule has 2 aromatic carbocycles. The minimum absolute atomic E-state index is 0.326. The van der Waals surface area contributed by atoms with Crippen LogP contribution in [0.5, 0.6) is 5.75 Å². The summed E-state index contributed by atoms with van der Waals surface area (Å²) in [7, 11) is 2.21. The Morgan fingerprint density at radius 2 is 1.77 bits per heavy atom. The molecular formula is C26H36N4O. The second-order valence-electron chi connectivity index (χ2n) is 8.95. The Morgan fingerprint density at radius 3 is 2.55 bits per heavy atom. The van der Waals surface area contributed by atoms with Crippen molar-refractivity contribution >= 4 is 11.0 Å². The summed E-state index contributed by atoms with van der Waals surface area (Å²) in [6, 6.07) is 15.3. The van der Waals surface area contributed by atoms with Gasteiger partial charge in [0.1, 0.15) is 11.6 Å². The molecule has 0 N–H and O–H groups in total. The summed E-state index contributed by atoms with van der Waals surface area (Å²) in [5, 5.41) is 0. The molecule has 2 heterocycles. The van der Waals surface area contributed by atoms with Gasteiger partial charge in [-0.1, -0.05) is 29.8 Å². The molecule has 1 unspecified atom stereocenters. The highest BCUT2D eigenvalue weighted by molar-refractivity contribution is 5.76. The first-order valence-corrected chi connectivity index (χ1v) is 11.6. The van der Waals surface area contributed by atoms with Gasteiger partial charge in [-0.25, -0.2) is 4.98 Å². The molecule has 1 aliphatic heterocycles. The van der Waals surface area contributed by atoms with Crippen molar-refractivity contribution in [2.75, 3.05) is 39.8 Å². The van der Waals surface area contributed by atoms with Crippen LogP contribution in [-0.2, 0) is 6.54 Å². The number of aryl methyl sites for hydroxylation is 3. The van der Waals surface area contributed by atoms with Crippen molar-refractivity contribution in [2.45, 2.75) is 46.2 Å². The van der Waals surface area contributed by atoms with Gasteiger partial charge in [0.25, 0.3) is 0 Å². The van der Waals surface area contributed by atoms with Crippen LogP contribution in [-0.4, -0.2) is 59.2 Å². The highest BCUT2D eigenvalue weighted by Gasteiger charge is 2.24.